The van der Waals surface area contributed by atoms with Gasteiger partial charge in [0.05, 0.1) is 17.8 Å². The molecule has 4 aliphatic carbocycles. The van der Waals surface area contributed by atoms with Gasteiger partial charge in [0.2, 0.25) is 0 Å². The summed E-state index contributed by atoms with van der Waals surface area (Å²) in [6.45, 7) is 9.36. The lowest BCUT2D eigenvalue weighted by Crippen LogP contribution is -2.67. The second kappa shape index (κ2) is 7.17. The van der Waals surface area contributed by atoms with Crippen molar-refractivity contribution in [1.29, 1.82) is 0 Å². The highest BCUT2D eigenvalue weighted by Gasteiger charge is 2.64. The Bertz CT molecular complexity index is 711. The first-order valence-electron chi connectivity index (χ1n) is 13.5. The van der Waals surface area contributed by atoms with Gasteiger partial charge in [-0.1, -0.05) is 13.8 Å². The molecular weight excluding hydrogens is 386 g/mol. The maximum atomic E-state index is 11.8. The standard InChI is InChI=1S/C27H45NO3/c1-15-4-7-25-27(3,31)21-6-5-17-18(20(21)14-28(25)13-15)11-22-19(17)12-24(30)23-10-16(29)8-9-26(22,23)2/h15-25,29-31H,4-14H2,1-3H3/t15-,16+,17-,18-,19+,20+,21+,22+,23+,24-,25+,26-,27+/m1/s1. The quantitative estimate of drug-likeness (QED) is 0.547. The highest BCUT2D eigenvalue weighted by molar-refractivity contribution is 5.14. The lowest BCUT2D eigenvalue weighted by Gasteiger charge is -2.60. The van der Waals surface area contributed by atoms with Crippen LogP contribution in [0.1, 0.15) is 78.6 Å². The summed E-state index contributed by atoms with van der Waals surface area (Å²) in [5.74, 6) is 4.89. The molecule has 4 nitrogen and oxygen atoms in total. The molecule has 6 aliphatic rings. The van der Waals surface area contributed by atoms with E-state index in [0.29, 0.717) is 35.6 Å². The fourth-order valence-corrected chi connectivity index (χ4v) is 10.6. The summed E-state index contributed by atoms with van der Waals surface area (Å²) >= 11 is 0. The average Bonchev–Trinajstić information content (AvgIpc) is 3.09. The number of fused-ring (bicyclic) bond motifs is 8. The number of hydrogen-bond acceptors (Lipinski definition) is 4. The molecule has 2 aliphatic heterocycles. The third-order valence-electron chi connectivity index (χ3n) is 12.0. The Labute approximate surface area is 188 Å². The molecule has 6 fully saturated rings. The topological polar surface area (TPSA) is 63.9 Å². The van der Waals surface area contributed by atoms with E-state index in [-0.39, 0.29) is 23.5 Å². The third-order valence-corrected chi connectivity index (χ3v) is 12.0. The van der Waals surface area contributed by atoms with Crippen LogP contribution in [0, 0.1) is 52.8 Å². The van der Waals surface area contributed by atoms with Crippen LogP contribution in [0.3, 0.4) is 0 Å². The highest BCUT2D eigenvalue weighted by Crippen LogP contribution is 2.67. The molecule has 0 radical (unpaired) electrons. The van der Waals surface area contributed by atoms with Gasteiger partial charge in [0, 0.05) is 19.1 Å². The molecule has 0 aromatic rings. The van der Waals surface area contributed by atoms with E-state index in [1.54, 1.807) is 0 Å². The molecule has 0 bridgehead atoms. The summed E-state index contributed by atoms with van der Waals surface area (Å²) in [4.78, 5) is 2.68. The van der Waals surface area contributed by atoms with Crippen LogP contribution in [-0.2, 0) is 0 Å². The molecule has 4 saturated carbocycles. The van der Waals surface area contributed by atoms with Crippen LogP contribution in [0.5, 0.6) is 0 Å². The van der Waals surface area contributed by atoms with E-state index >= 15 is 0 Å². The first kappa shape index (κ1) is 21.4. The van der Waals surface area contributed by atoms with Crippen molar-refractivity contribution in [3.63, 3.8) is 0 Å². The van der Waals surface area contributed by atoms with Crippen molar-refractivity contribution in [2.75, 3.05) is 13.1 Å². The summed E-state index contributed by atoms with van der Waals surface area (Å²) < 4.78 is 0. The molecular formula is C27H45NO3. The average molecular weight is 432 g/mol. The van der Waals surface area contributed by atoms with Crippen LogP contribution in [0.15, 0.2) is 0 Å². The van der Waals surface area contributed by atoms with Gasteiger partial charge in [0.15, 0.2) is 0 Å². The van der Waals surface area contributed by atoms with Crippen molar-refractivity contribution in [1.82, 2.24) is 4.90 Å². The molecule has 3 N–H and O–H groups in total. The molecule has 0 aromatic heterocycles. The zero-order valence-corrected chi connectivity index (χ0v) is 19.9. The molecule has 4 heteroatoms. The lowest BCUT2D eigenvalue weighted by molar-refractivity contribution is -0.176. The van der Waals surface area contributed by atoms with Crippen LogP contribution < -0.4 is 0 Å². The summed E-state index contributed by atoms with van der Waals surface area (Å²) in [6, 6.07) is 0.355. The van der Waals surface area contributed by atoms with E-state index in [9.17, 15) is 15.3 Å². The normalized spacial score (nSPS) is 61.5. The summed E-state index contributed by atoms with van der Waals surface area (Å²) in [7, 11) is 0. The number of hydrogen-bond donors (Lipinski definition) is 3. The van der Waals surface area contributed by atoms with Crippen LogP contribution in [-0.4, -0.2) is 57.2 Å². The Kier molecular flexibility index (Phi) is 4.94. The molecule has 176 valence electrons. The van der Waals surface area contributed by atoms with Gasteiger partial charge in [-0.05, 0) is 117 Å². The number of aliphatic hydroxyl groups is 3. The molecule has 0 amide bonds. The second-order valence-corrected chi connectivity index (χ2v) is 13.4. The van der Waals surface area contributed by atoms with E-state index < -0.39 is 5.60 Å². The maximum absolute atomic E-state index is 11.8. The minimum atomic E-state index is -0.553. The van der Waals surface area contributed by atoms with E-state index in [1.165, 1.54) is 32.2 Å². The maximum Gasteiger partial charge on any atom is 0.0805 e. The predicted molar refractivity (Wildman–Crippen MR) is 121 cm³/mol. The van der Waals surface area contributed by atoms with Crippen molar-refractivity contribution in [2.45, 2.75) is 102 Å². The minimum absolute atomic E-state index is 0.188. The Morgan fingerprint density at radius 3 is 2.35 bits per heavy atom. The zero-order valence-electron chi connectivity index (χ0n) is 19.9. The van der Waals surface area contributed by atoms with Crippen LogP contribution in [0.25, 0.3) is 0 Å². The Balaban J connectivity index is 1.30. The molecule has 2 saturated heterocycles. The predicted octanol–water partition coefficient (Wildman–Crippen LogP) is 3.68. The van der Waals surface area contributed by atoms with E-state index in [1.807, 2.05) is 0 Å². The summed E-state index contributed by atoms with van der Waals surface area (Å²) in [6.07, 6.45) is 9.43. The third kappa shape index (κ3) is 3.00. The van der Waals surface area contributed by atoms with Gasteiger partial charge in [0.1, 0.15) is 0 Å². The molecule has 2 heterocycles. The van der Waals surface area contributed by atoms with Gasteiger partial charge in [-0.2, -0.15) is 0 Å². The van der Waals surface area contributed by atoms with Gasteiger partial charge < -0.3 is 15.3 Å². The second-order valence-electron chi connectivity index (χ2n) is 13.4. The first-order chi connectivity index (χ1) is 14.7. The van der Waals surface area contributed by atoms with Crippen molar-refractivity contribution in [3.8, 4) is 0 Å². The molecule has 0 aromatic carbocycles. The molecule has 13 atom stereocenters. The number of rotatable bonds is 0. The van der Waals surface area contributed by atoms with Crippen LogP contribution >= 0.6 is 0 Å². The monoisotopic (exact) mass is 431 g/mol. The van der Waals surface area contributed by atoms with Crippen LogP contribution in [0.2, 0.25) is 0 Å². The van der Waals surface area contributed by atoms with Crippen molar-refractivity contribution < 1.29 is 15.3 Å². The lowest BCUT2D eigenvalue weighted by atomic mass is 9.51. The molecule has 31 heavy (non-hydrogen) atoms. The Hall–Kier alpha value is -0.160. The van der Waals surface area contributed by atoms with E-state index in [2.05, 4.69) is 25.7 Å². The minimum Gasteiger partial charge on any atom is -0.393 e. The highest BCUT2D eigenvalue weighted by atomic mass is 16.3. The summed E-state index contributed by atoms with van der Waals surface area (Å²) in [5.41, 5.74) is -0.365. The molecule has 0 spiro atoms. The first-order valence-corrected chi connectivity index (χ1v) is 13.5. The fourth-order valence-electron chi connectivity index (χ4n) is 10.6. The van der Waals surface area contributed by atoms with Crippen molar-refractivity contribution in [3.05, 3.63) is 0 Å². The van der Waals surface area contributed by atoms with E-state index in [0.717, 1.165) is 50.5 Å². The number of piperidine rings is 2. The SMILES string of the molecule is C[C@@H]1CC[C@@H]2N(C1)C[C@H]1[C@@H]3C[C@H]4[C@@H](C[C@@H](O)[C@@H]5C[C@@H](O)CC[C@]45C)[C@@H]3CC[C@@H]1[C@]2(C)O. The molecule has 6 rings (SSSR count). The molecule has 0 unspecified atom stereocenters. The van der Waals surface area contributed by atoms with Gasteiger partial charge >= 0.3 is 0 Å². The van der Waals surface area contributed by atoms with Crippen molar-refractivity contribution in [2.24, 2.45) is 52.8 Å². The smallest absolute Gasteiger partial charge is 0.0805 e. The van der Waals surface area contributed by atoms with Gasteiger partial charge in [-0.15, -0.1) is 0 Å². The fraction of sp³-hybridized carbons (Fsp3) is 1.00. The van der Waals surface area contributed by atoms with E-state index in [4.69, 9.17) is 0 Å². The number of aliphatic hydroxyl groups excluding tert-OH is 2. The Morgan fingerprint density at radius 2 is 1.55 bits per heavy atom. The number of nitrogens with zero attached hydrogens (tertiary/aromatic N) is 1. The largest absolute Gasteiger partial charge is 0.393 e. The van der Waals surface area contributed by atoms with Gasteiger partial charge in [0.25, 0.3) is 0 Å². The zero-order chi connectivity index (χ0) is 21.7. The van der Waals surface area contributed by atoms with Gasteiger partial charge in [-0.3, -0.25) is 4.90 Å². The Morgan fingerprint density at radius 1 is 0.742 bits per heavy atom. The van der Waals surface area contributed by atoms with Gasteiger partial charge in [-0.25, -0.2) is 0 Å². The summed E-state index contributed by atoms with van der Waals surface area (Å²) in [5, 5.41) is 33.3. The van der Waals surface area contributed by atoms with Crippen molar-refractivity contribution >= 4 is 0 Å². The van der Waals surface area contributed by atoms with Crippen LogP contribution in [0.4, 0.5) is 0 Å².